The molecule has 2 aromatic rings. The number of rotatable bonds is 10. The van der Waals surface area contributed by atoms with Gasteiger partial charge in [0.2, 0.25) is 15.9 Å². The molecule has 2 aromatic carbocycles. The van der Waals surface area contributed by atoms with Crippen molar-refractivity contribution in [2.45, 2.75) is 19.8 Å². The molecule has 2 rings (SSSR count). The monoisotopic (exact) mass is 376 g/mol. The minimum absolute atomic E-state index is 0.0156. The number of sulfonamides is 1. The quantitative estimate of drug-likeness (QED) is 0.667. The molecule has 26 heavy (non-hydrogen) atoms. The van der Waals surface area contributed by atoms with E-state index in [2.05, 4.69) is 10.0 Å². The fourth-order valence-corrected chi connectivity index (χ4v) is 3.38. The van der Waals surface area contributed by atoms with Gasteiger partial charge in [-0.2, -0.15) is 0 Å². The third kappa shape index (κ3) is 7.25. The minimum Gasteiger partial charge on any atom is -0.494 e. The first-order valence-corrected chi connectivity index (χ1v) is 10.2. The number of nitrogens with one attached hydrogen (secondary N) is 2. The zero-order valence-corrected chi connectivity index (χ0v) is 15.6. The van der Waals surface area contributed by atoms with E-state index in [1.165, 1.54) is 0 Å². The molecule has 0 bridgehead atoms. The van der Waals surface area contributed by atoms with E-state index in [-0.39, 0.29) is 12.3 Å². The lowest BCUT2D eigenvalue weighted by Gasteiger charge is -2.09. The number of hydrogen-bond acceptors (Lipinski definition) is 4. The molecule has 0 spiro atoms. The highest BCUT2D eigenvalue weighted by Crippen LogP contribution is 2.15. The van der Waals surface area contributed by atoms with Crippen molar-refractivity contribution < 1.29 is 17.9 Å². The Morgan fingerprint density at radius 2 is 1.73 bits per heavy atom. The SMILES string of the molecule is CCOc1ccc(NC(=O)CNS(=O)(=O)CCCc2ccccc2)cc1. The summed E-state index contributed by atoms with van der Waals surface area (Å²) < 4.78 is 31.6. The van der Waals surface area contributed by atoms with Crippen LogP contribution in [-0.4, -0.2) is 33.2 Å². The molecule has 0 unspecified atom stereocenters. The lowest BCUT2D eigenvalue weighted by molar-refractivity contribution is -0.115. The number of amides is 1. The number of aryl methyl sites for hydroxylation is 1. The van der Waals surface area contributed by atoms with Gasteiger partial charge in [-0.05, 0) is 49.6 Å². The molecular formula is C19H24N2O4S. The first kappa shape index (κ1) is 19.9. The highest BCUT2D eigenvalue weighted by atomic mass is 32.2. The van der Waals surface area contributed by atoms with Crippen LogP contribution in [0.3, 0.4) is 0 Å². The van der Waals surface area contributed by atoms with Gasteiger partial charge in [0, 0.05) is 5.69 Å². The first-order valence-electron chi connectivity index (χ1n) is 8.52. The Kier molecular flexibility index (Phi) is 7.62. The normalized spacial score (nSPS) is 11.1. The first-order chi connectivity index (χ1) is 12.5. The van der Waals surface area contributed by atoms with Gasteiger partial charge < -0.3 is 10.1 Å². The van der Waals surface area contributed by atoms with Crippen molar-refractivity contribution in [1.82, 2.24) is 4.72 Å². The van der Waals surface area contributed by atoms with Gasteiger partial charge in [0.15, 0.2) is 0 Å². The topological polar surface area (TPSA) is 84.5 Å². The molecule has 0 fully saturated rings. The van der Waals surface area contributed by atoms with E-state index in [4.69, 9.17) is 4.74 Å². The second kappa shape index (κ2) is 9.94. The molecule has 1 amide bonds. The van der Waals surface area contributed by atoms with Gasteiger partial charge in [0.05, 0.1) is 18.9 Å². The molecule has 0 saturated heterocycles. The number of benzene rings is 2. The molecule has 2 N–H and O–H groups in total. The second-order valence-electron chi connectivity index (χ2n) is 5.73. The Balaban J connectivity index is 1.72. The van der Waals surface area contributed by atoms with Crippen LogP contribution in [0.1, 0.15) is 18.9 Å². The summed E-state index contributed by atoms with van der Waals surface area (Å²) in [6, 6.07) is 16.6. The van der Waals surface area contributed by atoms with E-state index in [1.807, 2.05) is 37.3 Å². The summed E-state index contributed by atoms with van der Waals surface area (Å²) in [6.07, 6.45) is 1.18. The number of carbonyl (C=O) groups is 1. The van der Waals surface area contributed by atoms with E-state index in [9.17, 15) is 13.2 Å². The summed E-state index contributed by atoms with van der Waals surface area (Å²) in [4.78, 5) is 11.9. The lowest BCUT2D eigenvalue weighted by atomic mass is 10.1. The standard InChI is InChI=1S/C19H24N2O4S/c1-2-25-18-12-10-17(11-13-18)21-19(22)15-20-26(23,24)14-6-9-16-7-4-3-5-8-16/h3-5,7-8,10-13,20H,2,6,9,14-15H2,1H3,(H,21,22). The maximum atomic E-state index is 12.0. The molecular weight excluding hydrogens is 352 g/mol. The van der Waals surface area contributed by atoms with Gasteiger partial charge >= 0.3 is 0 Å². The average Bonchev–Trinajstić information content (AvgIpc) is 2.63. The predicted octanol–water partition coefficient (Wildman–Crippen LogP) is 2.58. The van der Waals surface area contributed by atoms with Crippen LogP contribution in [0.25, 0.3) is 0 Å². The van der Waals surface area contributed by atoms with E-state index < -0.39 is 15.9 Å². The van der Waals surface area contributed by atoms with Crippen molar-refractivity contribution in [2.75, 3.05) is 24.2 Å². The van der Waals surface area contributed by atoms with Gasteiger partial charge in [-0.1, -0.05) is 30.3 Å². The predicted molar refractivity (Wildman–Crippen MR) is 103 cm³/mol. The van der Waals surface area contributed by atoms with Gasteiger partial charge in [0.25, 0.3) is 0 Å². The Morgan fingerprint density at radius 3 is 2.38 bits per heavy atom. The van der Waals surface area contributed by atoms with Crippen LogP contribution in [-0.2, 0) is 21.2 Å². The van der Waals surface area contributed by atoms with E-state index in [0.29, 0.717) is 30.9 Å². The zero-order valence-electron chi connectivity index (χ0n) is 14.8. The van der Waals surface area contributed by atoms with Crippen molar-refractivity contribution in [3.63, 3.8) is 0 Å². The molecule has 7 heteroatoms. The van der Waals surface area contributed by atoms with Crippen molar-refractivity contribution in [1.29, 1.82) is 0 Å². The summed E-state index contributed by atoms with van der Waals surface area (Å²) in [5, 5.41) is 2.64. The van der Waals surface area contributed by atoms with Gasteiger partial charge in [-0.25, -0.2) is 13.1 Å². The maximum Gasteiger partial charge on any atom is 0.239 e. The molecule has 0 aliphatic heterocycles. The Labute approximate surface area is 154 Å². The molecule has 0 heterocycles. The van der Waals surface area contributed by atoms with Crippen molar-refractivity contribution in [2.24, 2.45) is 0 Å². The van der Waals surface area contributed by atoms with Crippen LogP contribution in [0.5, 0.6) is 5.75 Å². The highest BCUT2D eigenvalue weighted by molar-refractivity contribution is 7.89. The van der Waals surface area contributed by atoms with Crippen LogP contribution < -0.4 is 14.8 Å². The summed E-state index contributed by atoms with van der Waals surface area (Å²) in [6.45, 7) is 2.17. The average molecular weight is 376 g/mol. The van der Waals surface area contributed by atoms with Crippen LogP contribution in [0.4, 0.5) is 5.69 Å². The van der Waals surface area contributed by atoms with Crippen molar-refractivity contribution in [3.05, 3.63) is 60.2 Å². The Morgan fingerprint density at radius 1 is 1.04 bits per heavy atom. The van der Waals surface area contributed by atoms with Gasteiger partial charge in [-0.15, -0.1) is 0 Å². The van der Waals surface area contributed by atoms with Gasteiger partial charge in [0.1, 0.15) is 5.75 Å². The van der Waals surface area contributed by atoms with E-state index in [1.54, 1.807) is 24.3 Å². The fourth-order valence-electron chi connectivity index (χ4n) is 2.37. The van der Waals surface area contributed by atoms with Crippen LogP contribution in [0.15, 0.2) is 54.6 Å². The molecule has 0 aromatic heterocycles. The zero-order chi connectivity index (χ0) is 18.8. The summed E-state index contributed by atoms with van der Waals surface area (Å²) in [5.74, 6) is 0.281. The summed E-state index contributed by atoms with van der Waals surface area (Å²) in [7, 11) is -3.48. The van der Waals surface area contributed by atoms with E-state index >= 15 is 0 Å². The van der Waals surface area contributed by atoms with Crippen molar-refractivity contribution in [3.8, 4) is 5.75 Å². The number of anilines is 1. The van der Waals surface area contributed by atoms with Gasteiger partial charge in [-0.3, -0.25) is 4.79 Å². The van der Waals surface area contributed by atoms with Crippen LogP contribution in [0, 0.1) is 0 Å². The summed E-state index contributed by atoms with van der Waals surface area (Å²) in [5.41, 5.74) is 1.68. The number of hydrogen-bond donors (Lipinski definition) is 2. The third-order valence-corrected chi connectivity index (χ3v) is 5.03. The lowest BCUT2D eigenvalue weighted by Crippen LogP contribution is -2.34. The van der Waals surface area contributed by atoms with Crippen LogP contribution in [0.2, 0.25) is 0 Å². The molecule has 0 atom stereocenters. The largest absolute Gasteiger partial charge is 0.494 e. The Bertz CT molecular complexity index is 790. The third-order valence-electron chi connectivity index (χ3n) is 3.62. The molecule has 0 aliphatic rings. The summed E-state index contributed by atoms with van der Waals surface area (Å²) >= 11 is 0. The minimum atomic E-state index is -3.48. The second-order valence-corrected chi connectivity index (χ2v) is 7.66. The number of carbonyl (C=O) groups excluding carboxylic acids is 1. The molecule has 140 valence electrons. The smallest absolute Gasteiger partial charge is 0.239 e. The fraction of sp³-hybridized carbons (Fsp3) is 0.316. The van der Waals surface area contributed by atoms with Crippen LogP contribution >= 0.6 is 0 Å². The number of ether oxygens (including phenoxy) is 1. The molecule has 0 radical (unpaired) electrons. The van der Waals surface area contributed by atoms with Crippen molar-refractivity contribution >= 4 is 21.6 Å². The molecule has 0 aliphatic carbocycles. The molecule has 6 nitrogen and oxygen atoms in total. The van der Waals surface area contributed by atoms with E-state index in [0.717, 1.165) is 5.56 Å². The highest BCUT2D eigenvalue weighted by Gasteiger charge is 2.12. The Hall–Kier alpha value is -2.38. The maximum absolute atomic E-state index is 12.0. The molecule has 0 saturated carbocycles.